The number of aromatic nitrogens is 2. The minimum atomic E-state index is -0.600. The molecular formula is C10H9N3O3. The fourth-order valence-corrected chi connectivity index (χ4v) is 1.27. The van der Waals surface area contributed by atoms with Gasteiger partial charge in [-0.2, -0.15) is 5.10 Å². The van der Waals surface area contributed by atoms with Crippen LogP contribution in [0, 0.1) is 0 Å². The number of amides is 1. The van der Waals surface area contributed by atoms with Gasteiger partial charge in [0.15, 0.2) is 0 Å². The summed E-state index contributed by atoms with van der Waals surface area (Å²) in [5, 5.41) is 27.5. The van der Waals surface area contributed by atoms with Crippen molar-refractivity contribution in [1.82, 2.24) is 10.2 Å². The SMILES string of the molecule is O=C(Nc1cn[nH]c1)c1c(O)cccc1O. The van der Waals surface area contributed by atoms with Crippen molar-refractivity contribution in [3.63, 3.8) is 0 Å². The van der Waals surface area contributed by atoms with Gasteiger partial charge < -0.3 is 15.5 Å². The fraction of sp³-hybridized carbons (Fsp3) is 0. The van der Waals surface area contributed by atoms with Gasteiger partial charge in [0.05, 0.1) is 11.9 Å². The topological polar surface area (TPSA) is 98.2 Å². The molecule has 1 heterocycles. The number of H-pyrrole nitrogens is 1. The Labute approximate surface area is 90.6 Å². The van der Waals surface area contributed by atoms with Crippen molar-refractivity contribution in [3.05, 3.63) is 36.2 Å². The summed E-state index contributed by atoms with van der Waals surface area (Å²) in [6.07, 6.45) is 2.89. The molecule has 0 unspecified atom stereocenters. The number of carbonyl (C=O) groups excluding carboxylic acids is 1. The van der Waals surface area contributed by atoms with Crippen LogP contribution in [0.1, 0.15) is 10.4 Å². The summed E-state index contributed by atoms with van der Waals surface area (Å²) in [4.78, 5) is 11.7. The van der Waals surface area contributed by atoms with Crippen molar-refractivity contribution in [2.75, 3.05) is 5.32 Å². The number of hydrogen-bond donors (Lipinski definition) is 4. The van der Waals surface area contributed by atoms with Gasteiger partial charge >= 0.3 is 0 Å². The molecule has 6 heteroatoms. The molecule has 1 aromatic heterocycles. The van der Waals surface area contributed by atoms with Gasteiger partial charge in [0.1, 0.15) is 17.1 Å². The predicted octanol–water partition coefficient (Wildman–Crippen LogP) is 1.07. The molecule has 0 aliphatic carbocycles. The lowest BCUT2D eigenvalue weighted by molar-refractivity contribution is 0.102. The Morgan fingerprint density at radius 2 is 2.00 bits per heavy atom. The monoisotopic (exact) mass is 219 g/mol. The Hall–Kier alpha value is -2.50. The largest absolute Gasteiger partial charge is 0.507 e. The van der Waals surface area contributed by atoms with Crippen molar-refractivity contribution < 1.29 is 15.0 Å². The number of hydrogen-bond acceptors (Lipinski definition) is 4. The lowest BCUT2D eigenvalue weighted by Gasteiger charge is -2.06. The van der Waals surface area contributed by atoms with E-state index in [1.165, 1.54) is 30.6 Å². The normalized spacial score (nSPS) is 10.0. The molecule has 1 aromatic carbocycles. The summed E-state index contributed by atoms with van der Waals surface area (Å²) in [5.41, 5.74) is 0.288. The second kappa shape index (κ2) is 3.93. The molecule has 0 fully saturated rings. The van der Waals surface area contributed by atoms with Crippen LogP contribution >= 0.6 is 0 Å². The molecule has 16 heavy (non-hydrogen) atoms. The summed E-state index contributed by atoms with van der Waals surface area (Å²) >= 11 is 0. The second-order valence-electron chi connectivity index (χ2n) is 3.11. The van der Waals surface area contributed by atoms with Crippen molar-refractivity contribution in [1.29, 1.82) is 0 Å². The lowest BCUT2D eigenvalue weighted by atomic mass is 10.1. The van der Waals surface area contributed by atoms with E-state index in [4.69, 9.17) is 0 Å². The molecule has 0 saturated heterocycles. The molecule has 0 saturated carbocycles. The van der Waals surface area contributed by atoms with Gasteiger partial charge in [-0.3, -0.25) is 9.89 Å². The smallest absolute Gasteiger partial charge is 0.263 e. The zero-order chi connectivity index (χ0) is 11.5. The number of nitrogens with one attached hydrogen (secondary N) is 2. The maximum Gasteiger partial charge on any atom is 0.263 e. The first-order valence-electron chi connectivity index (χ1n) is 4.49. The zero-order valence-corrected chi connectivity index (χ0v) is 8.14. The molecule has 4 N–H and O–H groups in total. The summed E-state index contributed by atoms with van der Waals surface area (Å²) < 4.78 is 0. The van der Waals surface area contributed by atoms with Crippen molar-refractivity contribution in [2.45, 2.75) is 0 Å². The summed E-state index contributed by atoms with van der Waals surface area (Å²) in [7, 11) is 0. The third-order valence-electron chi connectivity index (χ3n) is 2.00. The van der Waals surface area contributed by atoms with Crippen LogP contribution in [0.3, 0.4) is 0 Å². The van der Waals surface area contributed by atoms with E-state index in [-0.39, 0.29) is 17.1 Å². The maximum absolute atomic E-state index is 11.7. The Morgan fingerprint density at radius 3 is 2.56 bits per heavy atom. The molecule has 2 aromatic rings. The Balaban J connectivity index is 2.28. The Morgan fingerprint density at radius 1 is 1.31 bits per heavy atom. The van der Waals surface area contributed by atoms with E-state index < -0.39 is 5.91 Å². The fourth-order valence-electron chi connectivity index (χ4n) is 1.27. The quantitative estimate of drug-likeness (QED) is 0.607. The zero-order valence-electron chi connectivity index (χ0n) is 8.14. The number of anilines is 1. The predicted molar refractivity (Wildman–Crippen MR) is 56.3 cm³/mol. The van der Waals surface area contributed by atoms with E-state index in [1.54, 1.807) is 0 Å². The second-order valence-corrected chi connectivity index (χ2v) is 3.11. The van der Waals surface area contributed by atoms with Crippen molar-refractivity contribution >= 4 is 11.6 Å². The van der Waals surface area contributed by atoms with Crippen LogP contribution in [0.4, 0.5) is 5.69 Å². The first-order chi connectivity index (χ1) is 7.68. The summed E-state index contributed by atoms with van der Waals surface area (Å²) in [6.45, 7) is 0. The van der Waals surface area contributed by atoms with E-state index in [0.717, 1.165) is 0 Å². The van der Waals surface area contributed by atoms with Gasteiger partial charge in [-0.05, 0) is 12.1 Å². The average molecular weight is 219 g/mol. The van der Waals surface area contributed by atoms with Gasteiger partial charge in [0, 0.05) is 6.20 Å². The number of nitrogens with zero attached hydrogens (tertiary/aromatic N) is 1. The molecule has 1 amide bonds. The number of phenols is 2. The van der Waals surface area contributed by atoms with Crippen molar-refractivity contribution in [2.24, 2.45) is 0 Å². The van der Waals surface area contributed by atoms with Crippen LogP contribution in [0.15, 0.2) is 30.6 Å². The highest BCUT2D eigenvalue weighted by atomic mass is 16.3. The van der Waals surface area contributed by atoms with Crippen LogP contribution in [0.2, 0.25) is 0 Å². The van der Waals surface area contributed by atoms with E-state index in [0.29, 0.717) is 5.69 Å². The van der Waals surface area contributed by atoms with Gasteiger partial charge in [-0.15, -0.1) is 0 Å². The highest BCUT2D eigenvalue weighted by molar-refractivity contribution is 6.07. The number of aromatic hydroxyl groups is 2. The number of benzene rings is 1. The van der Waals surface area contributed by atoms with Gasteiger partial charge in [0.25, 0.3) is 5.91 Å². The third kappa shape index (κ3) is 1.81. The number of aromatic amines is 1. The average Bonchev–Trinajstić information content (AvgIpc) is 2.70. The highest BCUT2D eigenvalue weighted by Gasteiger charge is 2.16. The molecule has 0 aliphatic heterocycles. The van der Waals surface area contributed by atoms with Crippen LogP contribution in [0.25, 0.3) is 0 Å². The molecule has 0 radical (unpaired) electrons. The molecule has 6 nitrogen and oxygen atoms in total. The van der Waals surface area contributed by atoms with E-state index in [9.17, 15) is 15.0 Å². The molecule has 0 spiro atoms. The number of carbonyl (C=O) groups is 1. The first-order valence-corrected chi connectivity index (χ1v) is 4.49. The van der Waals surface area contributed by atoms with Crippen LogP contribution in [-0.4, -0.2) is 26.3 Å². The van der Waals surface area contributed by atoms with E-state index in [2.05, 4.69) is 15.5 Å². The van der Waals surface area contributed by atoms with Gasteiger partial charge in [-0.25, -0.2) is 0 Å². The summed E-state index contributed by atoms with van der Waals surface area (Å²) in [6, 6.07) is 4.09. The maximum atomic E-state index is 11.7. The summed E-state index contributed by atoms with van der Waals surface area (Å²) in [5.74, 6) is -1.15. The van der Waals surface area contributed by atoms with Gasteiger partial charge in [-0.1, -0.05) is 6.07 Å². The first kappa shape index (κ1) is 10.0. The standard InChI is InChI=1S/C10H9N3O3/c14-7-2-1-3-8(15)9(7)10(16)13-6-4-11-12-5-6/h1-5,14-15H,(H,11,12)(H,13,16). The molecule has 0 atom stereocenters. The van der Waals surface area contributed by atoms with Crippen LogP contribution in [-0.2, 0) is 0 Å². The Bertz CT molecular complexity index is 488. The lowest BCUT2D eigenvalue weighted by Crippen LogP contribution is -2.11. The van der Waals surface area contributed by atoms with E-state index >= 15 is 0 Å². The number of phenolic OH excluding ortho intramolecular Hbond substituents is 2. The van der Waals surface area contributed by atoms with Crippen LogP contribution < -0.4 is 5.32 Å². The van der Waals surface area contributed by atoms with Crippen molar-refractivity contribution in [3.8, 4) is 11.5 Å². The molecular weight excluding hydrogens is 210 g/mol. The molecule has 0 bridgehead atoms. The van der Waals surface area contributed by atoms with Gasteiger partial charge in [0.2, 0.25) is 0 Å². The highest BCUT2D eigenvalue weighted by Crippen LogP contribution is 2.26. The molecule has 2 rings (SSSR count). The van der Waals surface area contributed by atoms with E-state index in [1.807, 2.05) is 0 Å². The van der Waals surface area contributed by atoms with Crippen LogP contribution in [0.5, 0.6) is 11.5 Å². The minimum absolute atomic E-state index is 0.163. The number of rotatable bonds is 2. The third-order valence-corrected chi connectivity index (χ3v) is 2.00. The molecule has 0 aliphatic rings. The minimum Gasteiger partial charge on any atom is -0.507 e. The Kier molecular flexibility index (Phi) is 2.47. The molecule has 82 valence electrons.